The van der Waals surface area contributed by atoms with Crippen molar-refractivity contribution in [3.05, 3.63) is 32.7 Å². The number of halogens is 2. The molecule has 94 valence electrons. The van der Waals surface area contributed by atoms with Gasteiger partial charge in [0.1, 0.15) is 0 Å². The Balaban J connectivity index is 2.00. The summed E-state index contributed by atoms with van der Waals surface area (Å²) in [5, 5.41) is 10.3. The average molecular weight is 362 g/mol. The van der Waals surface area contributed by atoms with Gasteiger partial charge in [-0.1, -0.05) is 64.0 Å². The van der Waals surface area contributed by atoms with Gasteiger partial charge in [0.05, 0.1) is 6.10 Å². The molecular formula is C14H18Br2O. The summed E-state index contributed by atoms with van der Waals surface area (Å²) < 4.78 is 2.04. The standard InChI is InChI=1S/C14H18Br2O/c15-12-7-11(8-13(16)9-12)14(17)6-10-4-2-1-3-5-10/h7-10,14,17H,1-6H2. The minimum Gasteiger partial charge on any atom is -0.388 e. The summed E-state index contributed by atoms with van der Waals surface area (Å²) >= 11 is 6.93. The molecule has 1 aromatic rings. The molecule has 1 N–H and O–H groups in total. The van der Waals surface area contributed by atoms with Crippen LogP contribution in [0.4, 0.5) is 0 Å². The van der Waals surface area contributed by atoms with Crippen LogP contribution in [0.5, 0.6) is 0 Å². The van der Waals surface area contributed by atoms with Crippen molar-refractivity contribution in [3.8, 4) is 0 Å². The van der Waals surface area contributed by atoms with Crippen LogP contribution in [0.2, 0.25) is 0 Å². The minimum atomic E-state index is -0.327. The average Bonchev–Trinajstić information content (AvgIpc) is 2.29. The fraction of sp³-hybridized carbons (Fsp3) is 0.571. The highest BCUT2D eigenvalue weighted by atomic mass is 79.9. The monoisotopic (exact) mass is 360 g/mol. The number of rotatable bonds is 3. The molecule has 1 nitrogen and oxygen atoms in total. The first-order valence-electron chi connectivity index (χ1n) is 6.29. The molecule has 0 heterocycles. The van der Waals surface area contributed by atoms with Crippen LogP contribution in [0.15, 0.2) is 27.1 Å². The zero-order chi connectivity index (χ0) is 12.3. The summed E-state index contributed by atoms with van der Waals surface area (Å²) in [6.45, 7) is 0. The molecule has 1 aromatic carbocycles. The second kappa shape index (κ2) is 6.35. The lowest BCUT2D eigenvalue weighted by Gasteiger charge is -2.24. The zero-order valence-electron chi connectivity index (χ0n) is 9.83. The molecule has 1 atom stereocenters. The third kappa shape index (κ3) is 4.08. The van der Waals surface area contributed by atoms with E-state index in [0.29, 0.717) is 5.92 Å². The fourth-order valence-corrected chi connectivity index (χ4v) is 3.97. The van der Waals surface area contributed by atoms with Crippen LogP contribution < -0.4 is 0 Å². The molecule has 1 fully saturated rings. The highest BCUT2D eigenvalue weighted by Gasteiger charge is 2.18. The van der Waals surface area contributed by atoms with E-state index in [1.54, 1.807) is 0 Å². The number of aliphatic hydroxyl groups is 1. The van der Waals surface area contributed by atoms with Gasteiger partial charge in [-0.05, 0) is 36.1 Å². The molecule has 0 aliphatic heterocycles. The molecule has 1 saturated carbocycles. The van der Waals surface area contributed by atoms with Crippen molar-refractivity contribution >= 4 is 31.9 Å². The first-order valence-corrected chi connectivity index (χ1v) is 7.88. The molecule has 0 spiro atoms. The van der Waals surface area contributed by atoms with Gasteiger partial charge in [0, 0.05) is 8.95 Å². The van der Waals surface area contributed by atoms with Crippen LogP contribution in [0.25, 0.3) is 0 Å². The number of hydrogen-bond donors (Lipinski definition) is 1. The lowest BCUT2D eigenvalue weighted by atomic mass is 9.84. The Kier molecular flexibility index (Phi) is 5.07. The highest BCUT2D eigenvalue weighted by molar-refractivity contribution is 9.11. The molecule has 1 aliphatic rings. The van der Waals surface area contributed by atoms with Gasteiger partial charge in [-0.25, -0.2) is 0 Å². The molecule has 17 heavy (non-hydrogen) atoms. The summed E-state index contributed by atoms with van der Waals surface area (Å²) in [4.78, 5) is 0. The van der Waals surface area contributed by atoms with Gasteiger partial charge >= 0.3 is 0 Å². The summed E-state index contributed by atoms with van der Waals surface area (Å²) in [6.07, 6.45) is 7.18. The van der Waals surface area contributed by atoms with Gasteiger partial charge in [0.25, 0.3) is 0 Å². The maximum atomic E-state index is 10.3. The van der Waals surface area contributed by atoms with E-state index in [1.165, 1.54) is 32.1 Å². The van der Waals surface area contributed by atoms with Crippen LogP contribution >= 0.6 is 31.9 Å². The summed E-state index contributed by atoms with van der Waals surface area (Å²) in [7, 11) is 0. The Morgan fingerprint density at radius 1 is 1.06 bits per heavy atom. The maximum absolute atomic E-state index is 10.3. The first kappa shape index (κ1) is 13.6. The van der Waals surface area contributed by atoms with E-state index in [1.807, 2.05) is 18.2 Å². The van der Waals surface area contributed by atoms with Crippen LogP contribution in [-0.2, 0) is 0 Å². The smallest absolute Gasteiger partial charge is 0.0793 e. The Morgan fingerprint density at radius 2 is 1.65 bits per heavy atom. The molecule has 0 amide bonds. The van der Waals surface area contributed by atoms with E-state index in [9.17, 15) is 5.11 Å². The molecule has 2 rings (SSSR count). The largest absolute Gasteiger partial charge is 0.388 e. The molecule has 0 bridgehead atoms. The van der Waals surface area contributed by atoms with E-state index in [-0.39, 0.29) is 6.10 Å². The normalized spacial score (nSPS) is 19.2. The van der Waals surface area contributed by atoms with Gasteiger partial charge in [-0.3, -0.25) is 0 Å². The molecule has 3 heteroatoms. The van der Waals surface area contributed by atoms with E-state index in [0.717, 1.165) is 20.9 Å². The molecule has 1 unspecified atom stereocenters. The van der Waals surface area contributed by atoms with Crippen molar-refractivity contribution in [1.29, 1.82) is 0 Å². The van der Waals surface area contributed by atoms with Crippen molar-refractivity contribution in [2.45, 2.75) is 44.6 Å². The minimum absolute atomic E-state index is 0.327. The number of benzene rings is 1. The lowest BCUT2D eigenvalue weighted by Crippen LogP contribution is -2.11. The second-order valence-corrected chi connectivity index (χ2v) is 6.79. The van der Waals surface area contributed by atoms with Crippen molar-refractivity contribution in [2.24, 2.45) is 5.92 Å². The van der Waals surface area contributed by atoms with E-state index < -0.39 is 0 Å². The van der Waals surface area contributed by atoms with Gasteiger partial charge < -0.3 is 5.11 Å². The second-order valence-electron chi connectivity index (χ2n) is 4.96. The quantitative estimate of drug-likeness (QED) is 0.782. The van der Waals surface area contributed by atoms with Crippen molar-refractivity contribution in [1.82, 2.24) is 0 Å². The number of aliphatic hydroxyl groups excluding tert-OH is 1. The van der Waals surface area contributed by atoms with E-state index in [4.69, 9.17) is 0 Å². The van der Waals surface area contributed by atoms with Crippen LogP contribution in [0.1, 0.15) is 50.2 Å². The van der Waals surface area contributed by atoms with Gasteiger partial charge in [-0.15, -0.1) is 0 Å². The van der Waals surface area contributed by atoms with Gasteiger partial charge in [0.2, 0.25) is 0 Å². The maximum Gasteiger partial charge on any atom is 0.0793 e. The van der Waals surface area contributed by atoms with E-state index >= 15 is 0 Å². The zero-order valence-corrected chi connectivity index (χ0v) is 13.0. The molecular weight excluding hydrogens is 344 g/mol. The molecule has 0 aromatic heterocycles. The Labute approximate surface area is 120 Å². The van der Waals surface area contributed by atoms with Crippen LogP contribution in [0.3, 0.4) is 0 Å². The first-order chi connectivity index (χ1) is 8.15. The third-order valence-corrected chi connectivity index (χ3v) is 4.47. The summed E-state index contributed by atoms with van der Waals surface area (Å²) in [5.74, 6) is 0.705. The predicted molar refractivity (Wildman–Crippen MR) is 78.0 cm³/mol. The Morgan fingerprint density at radius 3 is 2.24 bits per heavy atom. The summed E-state index contributed by atoms with van der Waals surface area (Å²) in [6, 6.07) is 6.02. The SMILES string of the molecule is OC(CC1CCCCC1)c1cc(Br)cc(Br)c1. The van der Waals surface area contributed by atoms with Crippen molar-refractivity contribution in [3.63, 3.8) is 0 Å². The molecule has 1 aliphatic carbocycles. The van der Waals surface area contributed by atoms with Gasteiger partial charge in [0.15, 0.2) is 0 Å². The van der Waals surface area contributed by atoms with Crippen LogP contribution in [-0.4, -0.2) is 5.11 Å². The molecule has 0 radical (unpaired) electrons. The number of hydrogen-bond acceptors (Lipinski definition) is 1. The lowest BCUT2D eigenvalue weighted by molar-refractivity contribution is 0.131. The fourth-order valence-electron chi connectivity index (χ4n) is 2.64. The topological polar surface area (TPSA) is 20.2 Å². The van der Waals surface area contributed by atoms with E-state index in [2.05, 4.69) is 31.9 Å². The highest BCUT2D eigenvalue weighted by Crippen LogP contribution is 2.33. The Bertz CT molecular complexity index is 352. The molecule has 0 saturated heterocycles. The Hall–Kier alpha value is 0.140. The van der Waals surface area contributed by atoms with Crippen molar-refractivity contribution in [2.75, 3.05) is 0 Å². The van der Waals surface area contributed by atoms with Crippen LogP contribution in [0, 0.1) is 5.92 Å². The van der Waals surface area contributed by atoms with Crippen molar-refractivity contribution < 1.29 is 5.11 Å². The predicted octanol–water partition coefficient (Wildman–Crippen LogP) is 5.22. The van der Waals surface area contributed by atoms with Gasteiger partial charge in [-0.2, -0.15) is 0 Å². The third-order valence-electron chi connectivity index (χ3n) is 3.55. The summed E-state index contributed by atoms with van der Waals surface area (Å²) in [5.41, 5.74) is 1.01.